The smallest absolute Gasteiger partial charge is 0.252 e. The van der Waals surface area contributed by atoms with E-state index in [1.807, 2.05) is 12.1 Å². The van der Waals surface area contributed by atoms with Crippen molar-refractivity contribution in [3.05, 3.63) is 82.5 Å². The second-order valence-electron chi connectivity index (χ2n) is 7.76. The van der Waals surface area contributed by atoms with Gasteiger partial charge in [-0.3, -0.25) is 9.78 Å². The number of aromatic hydroxyl groups is 1. The van der Waals surface area contributed by atoms with Crippen molar-refractivity contribution >= 4 is 28.4 Å². The molecule has 0 bridgehead atoms. The number of amides is 1. The third-order valence-electron chi connectivity index (χ3n) is 5.81. The zero-order valence-electron chi connectivity index (χ0n) is 20.2. The first-order chi connectivity index (χ1) is 17.4. The van der Waals surface area contributed by atoms with Crippen LogP contribution in [0.5, 0.6) is 28.7 Å². The highest BCUT2D eigenvalue weighted by Gasteiger charge is 2.27. The van der Waals surface area contributed by atoms with Crippen LogP contribution in [0.25, 0.3) is 10.9 Å². The monoisotopic (exact) mass is 508 g/mol. The first-order valence-electron chi connectivity index (χ1n) is 10.9. The molecule has 9 heteroatoms. The Labute approximate surface area is 213 Å². The number of nitrogens with zero attached hydrogens (tertiary/aromatic N) is 1. The molecule has 36 heavy (non-hydrogen) atoms. The molecule has 0 unspecified atom stereocenters. The standard InChI is InChI=1S/C27H25ClN2O6/c1-33-20-10-6-5-8-17(20)23(18-14-19(28)16-9-7-11-29-24(16)25(18)31)30-27(32)15-12-21(34-2)26(36-4)22(13-15)35-3/h5-14,23,31H,1-4H3,(H,30,32)/t23-/m1/s1. The highest BCUT2D eigenvalue weighted by molar-refractivity contribution is 6.35. The summed E-state index contributed by atoms with van der Waals surface area (Å²) in [7, 11) is 5.96. The molecule has 1 amide bonds. The Morgan fingerprint density at radius 2 is 1.56 bits per heavy atom. The first kappa shape index (κ1) is 24.9. The minimum Gasteiger partial charge on any atom is -0.505 e. The maximum atomic E-state index is 13.6. The Hall–Kier alpha value is -4.17. The molecule has 0 fully saturated rings. The molecule has 0 aliphatic heterocycles. The summed E-state index contributed by atoms with van der Waals surface area (Å²) in [5.74, 6) is 0.985. The quantitative estimate of drug-likeness (QED) is 0.339. The van der Waals surface area contributed by atoms with E-state index in [2.05, 4.69) is 10.3 Å². The SMILES string of the molecule is COc1ccccc1[C@@H](NC(=O)c1cc(OC)c(OC)c(OC)c1)c1cc(Cl)c2cccnc2c1O. The predicted octanol–water partition coefficient (Wildman–Crippen LogP) is 5.15. The van der Waals surface area contributed by atoms with E-state index < -0.39 is 11.9 Å². The lowest BCUT2D eigenvalue weighted by Gasteiger charge is -2.24. The van der Waals surface area contributed by atoms with Crippen LogP contribution in [0.3, 0.4) is 0 Å². The molecule has 4 aromatic rings. The van der Waals surface area contributed by atoms with E-state index in [1.54, 1.807) is 48.7 Å². The Morgan fingerprint density at radius 3 is 2.19 bits per heavy atom. The number of aromatic nitrogens is 1. The van der Waals surface area contributed by atoms with E-state index in [1.165, 1.54) is 28.4 Å². The molecule has 1 aromatic heterocycles. The van der Waals surface area contributed by atoms with Gasteiger partial charge in [0.25, 0.3) is 5.91 Å². The lowest BCUT2D eigenvalue weighted by Crippen LogP contribution is -2.30. The number of hydrogen-bond donors (Lipinski definition) is 2. The molecule has 0 aliphatic carbocycles. The molecule has 0 aliphatic rings. The van der Waals surface area contributed by atoms with Gasteiger partial charge in [0.1, 0.15) is 17.0 Å². The van der Waals surface area contributed by atoms with E-state index in [4.69, 9.17) is 30.5 Å². The normalized spacial score (nSPS) is 11.6. The molecule has 0 radical (unpaired) electrons. The minimum atomic E-state index is -0.836. The van der Waals surface area contributed by atoms with Crippen LogP contribution in [0.1, 0.15) is 27.5 Å². The summed E-state index contributed by atoms with van der Waals surface area (Å²) in [5, 5.41) is 15.2. The molecule has 1 heterocycles. The Bertz CT molecular complexity index is 1400. The van der Waals surface area contributed by atoms with Crippen LogP contribution < -0.4 is 24.3 Å². The maximum Gasteiger partial charge on any atom is 0.252 e. The number of hydrogen-bond acceptors (Lipinski definition) is 7. The number of carbonyl (C=O) groups excluding carboxylic acids is 1. The Balaban J connectivity index is 1.87. The van der Waals surface area contributed by atoms with Gasteiger partial charge >= 0.3 is 0 Å². The van der Waals surface area contributed by atoms with Gasteiger partial charge in [-0.15, -0.1) is 0 Å². The molecular formula is C27H25ClN2O6. The average Bonchev–Trinajstić information content (AvgIpc) is 2.92. The van der Waals surface area contributed by atoms with E-state index >= 15 is 0 Å². The lowest BCUT2D eigenvalue weighted by atomic mass is 9.95. The van der Waals surface area contributed by atoms with Crippen LogP contribution in [0.15, 0.2) is 60.8 Å². The van der Waals surface area contributed by atoms with Gasteiger partial charge in [-0.2, -0.15) is 0 Å². The number of carbonyl (C=O) groups is 1. The number of nitrogens with one attached hydrogen (secondary N) is 1. The van der Waals surface area contributed by atoms with Gasteiger partial charge in [0.15, 0.2) is 11.5 Å². The number of methoxy groups -OCH3 is 4. The molecule has 0 saturated carbocycles. The highest BCUT2D eigenvalue weighted by atomic mass is 35.5. The number of fused-ring (bicyclic) bond motifs is 1. The van der Waals surface area contributed by atoms with Crippen molar-refractivity contribution in [1.82, 2.24) is 10.3 Å². The summed E-state index contributed by atoms with van der Waals surface area (Å²) in [6.07, 6.45) is 1.56. The third-order valence-corrected chi connectivity index (χ3v) is 6.12. The fourth-order valence-corrected chi connectivity index (χ4v) is 4.35. The highest BCUT2D eigenvalue weighted by Crippen LogP contribution is 2.41. The number of phenols is 1. The molecule has 0 saturated heterocycles. The van der Waals surface area contributed by atoms with Gasteiger partial charge in [0.05, 0.1) is 39.5 Å². The second kappa shape index (κ2) is 10.6. The largest absolute Gasteiger partial charge is 0.505 e. The zero-order chi connectivity index (χ0) is 25.8. The molecule has 2 N–H and O–H groups in total. The number of rotatable bonds is 8. The van der Waals surface area contributed by atoms with E-state index in [-0.39, 0.29) is 11.3 Å². The Kier molecular flexibility index (Phi) is 7.36. The van der Waals surface area contributed by atoms with Crippen molar-refractivity contribution in [2.24, 2.45) is 0 Å². The maximum absolute atomic E-state index is 13.6. The average molecular weight is 509 g/mol. The molecular weight excluding hydrogens is 484 g/mol. The Morgan fingerprint density at radius 1 is 0.889 bits per heavy atom. The molecule has 186 valence electrons. The van der Waals surface area contributed by atoms with Crippen molar-refractivity contribution in [2.75, 3.05) is 28.4 Å². The van der Waals surface area contributed by atoms with Gasteiger partial charge in [-0.1, -0.05) is 29.8 Å². The zero-order valence-corrected chi connectivity index (χ0v) is 20.9. The summed E-state index contributed by atoms with van der Waals surface area (Å²) in [6, 6.07) is 14.6. The van der Waals surface area contributed by atoms with Crippen LogP contribution in [-0.2, 0) is 0 Å². The number of benzene rings is 3. The molecule has 3 aromatic carbocycles. The summed E-state index contributed by atoms with van der Waals surface area (Å²) in [5.41, 5.74) is 1.55. The summed E-state index contributed by atoms with van der Waals surface area (Å²) < 4.78 is 21.7. The lowest BCUT2D eigenvalue weighted by molar-refractivity contribution is 0.0941. The van der Waals surface area contributed by atoms with Crippen molar-refractivity contribution in [3.63, 3.8) is 0 Å². The summed E-state index contributed by atoms with van der Waals surface area (Å²) in [4.78, 5) is 17.9. The molecule has 0 spiro atoms. The van der Waals surface area contributed by atoms with E-state index in [0.29, 0.717) is 50.1 Å². The molecule has 8 nitrogen and oxygen atoms in total. The first-order valence-corrected chi connectivity index (χ1v) is 11.3. The van der Waals surface area contributed by atoms with Gasteiger partial charge in [-0.05, 0) is 36.4 Å². The second-order valence-corrected chi connectivity index (χ2v) is 8.17. The summed E-state index contributed by atoms with van der Waals surface area (Å²) in [6.45, 7) is 0. The van der Waals surface area contributed by atoms with Gasteiger partial charge in [0, 0.05) is 28.3 Å². The van der Waals surface area contributed by atoms with Crippen LogP contribution >= 0.6 is 11.6 Å². The van der Waals surface area contributed by atoms with Crippen molar-refractivity contribution in [2.45, 2.75) is 6.04 Å². The number of pyridine rings is 1. The fraction of sp³-hybridized carbons (Fsp3) is 0.185. The van der Waals surface area contributed by atoms with Crippen LogP contribution in [0, 0.1) is 0 Å². The van der Waals surface area contributed by atoms with Crippen LogP contribution in [0.4, 0.5) is 0 Å². The van der Waals surface area contributed by atoms with Gasteiger partial charge in [0.2, 0.25) is 5.75 Å². The fourth-order valence-electron chi connectivity index (χ4n) is 4.08. The van der Waals surface area contributed by atoms with Crippen molar-refractivity contribution < 1.29 is 28.8 Å². The van der Waals surface area contributed by atoms with E-state index in [9.17, 15) is 9.90 Å². The minimum absolute atomic E-state index is 0.101. The predicted molar refractivity (Wildman–Crippen MR) is 137 cm³/mol. The van der Waals surface area contributed by atoms with Crippen LogP contribution in [0.2, 0.25) is 5.02 Å². The van der Waals surface area contributed by atoms with Crippen molar-refractivity contribution in [3.8, 4) is 28.7 Å². The van der Waals surface area contributed by atoms with Crippen molar-refractivity contribution in [1.29, 1.82) is 0 Å². The number of para-hydroxylation sites is 1. The number of ether oxygens (including phenoxy) is 4. The van der Waals surface area contributed by atoms with Crippen LogP contribution in [-0.4, -0.2) is 44.4 Å². The number of phenolic OH excluding ortho intramolecular Hbond substituents is 1. The topological polar surface area (TPSA) is 99.1 Å². The summed E-state index contributed by atoms with van der Waals surface area (Å²) >= 11 is 6.56. The van der Waals surface area contributed by atoms with Gasteiger partial charge < -0.3 is 29.4 Å². The van der Waals surface area contributed by atoms with Gasteiger partial charge in [-0.25, -0.2) is 0 Å². The number of halogens is 1. The molecule has 4 rings (SSSR count). The third kappa shape index (κ3) is 4.55. The molecule has 1 atom stereocenters. The van der Waals surface area contributed by atoms with E-state index in [0.717, 1.165) is 0 Å².